The maximum absolute atomic E-state index is 12.3. The molecule has 0 aromatic heterocycles. The van der Waals surface area contributed by atoms with Gasteiger partial charge in [-0.25, -0.2) is 13.1 Å². The SMILES string of the molecule is COc1ccc(Cl)cc1S(=O)(=O)NCCCN1CCCC1=O. The van der Waals surface area contributed by atoms with Crippen LogP contribution in [0, 0.1) is 0 Å². The molecule has 122 valence electrons. The van der Waals surface area contributed by atoms with Gasteiger partial charge >= 0.3 is 0 Å². The van der Waals surface area contributed by atoms with E-state index >= 15 is 0 Å². The van der Waals surface area contributed by atoms with Crippen molar-refractivity contribution in [1.82, 2.24) is 9.62 Å². The number of nitrogens with zero attached hydrogens (tertiary/aromatic N) is 1. The second kappa shape index (κ2) is 7.30. The normalized spacial score (nSPS) is 15.4. The van der Waals surface area contributed by atoms with Crippen LogP contribution in [-0.2, 0) is 14.8 Å². The Morgan fingerprint density at radius 2 is 2.18 bits per heavy atom. The van der Waals surface area contributed by atoms with Gasteiger partial charge in [0.1, 0.15) is 10.6 Å². The van der Waals surface area contributed by atoms with E-state index in [1.54, 1.807) is 11.0 Å². The number of likely N-dealkylation sites (tertiary alicyclic amines) is 1. The summed E-state index contributed by atoms with van der Waals surface area (Å²) in [6.45, 7) is 1.57. The molecule has 0 unspecified atom stereocenters. The van der Waals surface area contributed by atoms with Crippen molar-refractivity contribution in [2.45, 2.75) is 24.2 Å². The molecule has 0 saturated carbocycles. The lowest BCUT2D eigenvalue weighted by Gasteiger charge is -2.15. The van der Waals surface area contributed by atoms with Crippen LogP contribution in [0.3, 0.4) is 0 Å². The number of hydrogen-bond acceptors (Lipinski definition) is 4. The van der Waals surface area contributed by atoms with Crippen molar-refractivity contribution in [1.29, 1.82) is 0 Å². The minimum absolute atomic E-state index is 0.0137. The van der Waals surface area contributed by atoms with Gasteiger partial charge < -0.3 is 9.64 Å². The molecule has 0 spiro atoms. The Bertz CT molecular complexity index is 648. The number of carbonyl (C=O) groups is 1. The lowest BCUT2D eigenvalue weighted by molar-refractivity contribution is -0.127. The van der Waals surface area contributed by atoms with Crippen LogP contribution in [0.5, 0.6) is 5.75 Å². The number of nitrogens with one attached hydrogen (secondary N) is 1. The molecule has 22 heavy (non-hydrogen) atoms. The second-order valence-electron chi connectivity index (χ2n) is 5.03. The molecule has 0 bridgehead atoms. The molecule has 1 aromatic carbocycles. The summed E-state index contributed by atoms with van der Waals surface area (Å²) in [5.41, 5.74) is 0. The van der Waals surface area contributed by atoms with Gasteiger partial charge in [0.15, 0.2) is 0 Å². The molecule has 1 saturated heterocycles. The van der Waals surface area contributed by atoms with E-state index in [-0.39, 0.29) is 23.1 Å². The summed E-state index contributed by atoms with van der Waals surface area (Å²) < 4.78 is 32.2. The number of rotatable bonds is 7. The quantitative estimate of drug-likeness (QED) is 0.761. The van der Waals surface area contributed by atoms with Gasteiger partial charge in [0.25, 0.3) is 0 Å². The van der Waals surface area contributed by atoms with E-state index in [1.807, 2.05) is 0 Å². The molecular formula is C14H19ClN2O4S. The van der Waals surface area contributed by atoms with Gasteiger partial charge in [-0.1, -0.05) is 11.6 Å². The largest absolute Gasteiger partial charge is 0.495 e. The van der Waals surface area contributed by atoms with Crippen molar-refractivity contribution in [3.05, 3.63) is 23.2 Å². The summed E-state index contributed by atoms with van der Waals surface area (Å²) in [5.74, 6) is 0.381. The minimum atomic E-state index is -3.70. The molecule has 1 heterocycles. The standard InChI is InChI=1S/C14H19ClN2O4S/c1-21-12-6-5-11(15)10-13(12)22(19,20)16-7-3-9-17-8-2-4-14(17)18/h5-6,10,16H,2-4,7-9H2,1H3. The van der Waals surface area contributed by atoms with Gasteiger partial charge in [-0.3, -0.25) is 4.79 Å². The van der Waals surface area contributed by atoms with Gasteiger partial charge in [0.2, 0.25) is 15.9 Å². The Hall–Kier alpha value is -1.31. The smallest absolute Gasteiger partial charge is 0.244 e. The molecule has 2 rings (SSSR count). The zero-order valence-corrected chi connectivity index (χ0v) is 13.9. The Labute approximate surface area is 135 Å². The first kappa shape index (κ1) is 17.1. The summed E-state index contributed by atoms with van der Waals surface area (Å²) in [6.07, 6.45) is 2.03. The maximum atomic E-state index is 12.3. The summed E-state index contributed by atoms with van der Waals surface area (Å²) in [7, 11) is -2.29. The molecule has 1 amide bonds. The lowest BCUT2D eigenvalue weighted by atomic mass is 10.3. The zero-order chi connectivity index (χ0) is 16.2. The highest BCUT2D eigenvalue weighted by Gasteiger charge is 2.21. The van der Waals surface area contributed by atoms with E-state index in [9.17, 15) is 13.2 Å². The molecule has 0 radical (unpaired) electrons. The van der Waals surface area contributed by atoms with Crippen LogP contribution < -0.4 is 9.46 Å². The predicted octanol–water partition coefficient (Wildman–Crippen LogP) is 1.64. The molecule has 6 nitrogen and oxygen atoms in total. The average molecular weight is 347 g/mol. The van der Waals surface area contributed by atoms with Gasteiger partial charge in [-0.15, -0.1) is 0 Å². The average Bonchev–Trinajstić information content (AvgIpc) is 2.89. The Morgan fingerprint density at radius 3 is 2.82 bits per heavy atom. The van der Waals surface area contributed by atoms with Crippen LogP contribution in [0.25, 0.3) is 0 Å². The zero-order valence-electron chi connectivity index (χ0n) is 12.3. The van der Waals surface area contributed by atoms with E-state index in [1.165, 1.54) is 19.2 Å². The number of methoxy groups -OCH3 is 1. The fourth-order valence-electron chi connectivity index (χ4n) is 2.36. The third kappa shape index (κ3) is 4.12. The van der Waals surface area contributed by atoms with Crippen molar-refractivity contribution in [3.8, 4) is 5.75 Å². The highest BCUT2D eigenvalue weighted by atomic mass is 35.5. The first-order chi connectivity index (χ1) is 10.4. The van der Waals surface area contributed by atoms with Crippen molar-refractivity contribution in [2.75, 3.05) is 26.7 Å². The highest BCUT2D eigenvalue weighted by Crippen LogP contribution is 2.26. The topological polar surface area (TPSA) is 75.7 Å². The third-order valence-electron chi connectivity index (χ3n) is 3.48. The number of benzene rings is 1. The van der Waals surface area contributed by atoms with Crippen LogP contribution in [-0.4, -0.2) is 46.0 Å². The number of amides is 1. The van der Waals surface area contributed by atoms with Crippen molar-refractivity contribution in [3.63, 3.8) is 0 Å². The highest BCUT2D eigenvalue weighted by molar-refractivity contribution is 7.89. The summed E-state index contributed by atoms with van der Waals surface area (Å²) in [4.78, 5) is 13.2. The van der Waals surface area contributed by atoms with Crippen LogP contribution in [0.4, 0.5) is 0 Å². The monoisotopic (exact) mass is 346 g/mol. The minimum Gasteiger partial charge on any atom is -0.495 e. The van der Waals surface area contributed by atoms with Crippen LogP contribution in [0.15, 0.2) is 23.1 Å². The summed E-state index contributed by atoms with van der Waals surface area (Å²) >= 11 is 5.85. The van der Waals surface area contributed by atoms with Gasteiger partial charge in [-0.05, 0) is 31.0 Å². The van der Waals surface area contributed by atoms with E-state index in [2.05, 4.69) is 4.72 Å². The Kier molecular flexibility index (Phi) is 5.66. The fraction of sp³-hybridized carbons (Fsp3) is 0.500. The summed E-state index contributed by atoms with van der Waals surface area (Å²) in [5, 5.41) is 0.323. The molecule has 1 N–H and O–H groups in total. The third-order valence-corrected chi connectivity index (χ3v) is 5.20. The van der Waals surface area contributed by atoms with E-state index in [0.29, 0.717) is 24.4 Å². The molecule has 1 aliphatic heterocycles. The maximum Gasteiger partial charge on any atom is 0.244 e. The number of sulfonamides is 1. The molecule has 8 heteroatoms. The van der Waals surface area contributed by atoms with Gasteiger partial charge in [0, 0.05) is 31.1 Å². The van der Waals surface area contributed by atoms with Crippen molar-refractivity contribution >= 4 is 27.5 Å². The number of hydrogen-bond donors (Lipinski definition) is 1. The fourth-order valence-corrected chi connectivity index (χ4v) is 3.86. The molecule has 1 fully saturated rings. The van der Waals surface area contributed by atoms with E-state index < -0.39 is 10.0 Å². The number of carbonyl (C=O) groups excluding carboxylic acids is 1. The summed E-state index contributed by atoms with van der Waals surface area (Å²) in [6, 6.07) is 4.44. The lowest BCUT2D eigenvalue weighted by Crippen LogP contribution is -2.30. The van der Waals surface area contributed by atoms with Crippen molar-refractivity contribution < 1.29 is 17.9 Å². The molecule has 0 atom stereocenters. The van der Waals surface area contributed by atoms with Crippen LogP contribution >= 0.6 is 11.6 Å². The molecule has 1 aromatic rings. The molecular weight excluding hydrogens is 328 g/mol. The van der Waals surface area contributed by atoms with Crippen LogP contribution in [0.2, 0.25) is 5.02 Å². The first-order valence-corrected chi connectivity index (χ1v) is 8.91. The Morgan fingerprint density at radius 1 is 1.41 bits per heavy atom. The first-order valence-electron chi connectivity index (χ1n) is 7.05. The number of halogens is 1. The van der Waals surface area contributed by atoms with E-state index in [4.69, 9.17) is 16.3 Å². The Balaban J connectivity index is 1.94. The van der Waals surface area contributed by atoms with Gasteiger partial charge in [-0.2, -0.15) is 0 Å². The van der Waals surface area contributed by atoms with E-state index in [0.717, 1.165) is 13.0 Å². The number of ether oxygens (including phenoxy) is 1. The van der Waals surface area contributed by atoms with Crippen LogP contribution in [0.1, 0.15) is 19.3 Å². The van der Waals surface area contributed by atoms with Gasteiger partial charge in [0.05, 0.1) is 7.11 Å². The predicted molar refractivity (Wildman–Crippen MR) is 83.6 cm³/mol. The molecule has 1 aliphatic rings. The molecule has 0 aliphatic carbocycles. The second-order valence-corrected chi connectivity index (χ2v) is 7.20. The van der Waals surface area contributed by atoms with Crippen molar-refractivity contribution in [2.24, 2.45) is 0 Å².